The van der Waals surface area contributed by atoms with Crippen molar-refractivity contribution in [2.75, 3.05) is 13.1 Å². The number of carbonyl (C=O) groups excluding carboxylic acids is 1. The van der Waals surface area contributed by atoms with E-state index in [1.807, 2.05) is 0 Å². The molecule has 0 bridgehead atoms. The Morgan fingerprint density at radius 2 is 2.04 bits per heavy atom. The third-order valence-corrected chi connectivity index (χ3v) is 7.22. The molecule has 1 amide bonds. The minimum atomic E-state index is -0.135. The maximum Gasteiger partial charge on any atom is 0.286 e. The van der Waals surface area contributed by atoms with E-state index in [1.54, 1.807) is 11.8 Å². The smallest absolute Gasteiger partial charge is 0.286 e. The van der Waals surface area contributed by atoms with Crippen molar-refractivity contribution in [3.63, 3.8) is 0 Å². The lowest BCUT2D eigenvalue weighted by Gasteiger charge is -2.39. The molecular formula is C20H22N2O2S. The number of rotatable bonds is 1. The Bertz CT molecular complexity index is 802. The normalized spacial score (nSPS) is 26.8. The van der Waals surface area contributed by atoms with Gasteiger partial charge >= 0.3 is 0 Å². The zero-order valence-corrected chi connectivity index (χ0v) is 15.3. The van der Waals surface area contributed by atoms with E-state index in [2.05, 4.69) is 41.1 Å². The number of amides is 1. The van der Waals surface area contributed by atoms with Gasteiger partial charge < -0.3 is 9.64 Å². The number of nitrogens with zero attached hydrogens (tertiary/aromatic N) is 2. The fraction of sp³-hybridized carbons (Fsp3) is 0.500. The average Bonchev–Trinajstić information content (AvgIpc) is 3.34. The second kappa shape index (κ2) is 5.71. The molecule has 2 fully saturated rings. The Labute approximate surface area is 152 Å². The molecule has 1 saturated carbocycles. The minimum Gasteiger partial charge on any atom is -0.365 e. The zero-order chi connectivity index (χ0) is 17.0. The molecule has 0 radical (unpaired) electrons. The summed E-state index contributed by atoms with van der Waals surface area (Å²) >= 11 is 1.58. The molecule has 5 heteroatoms. The number of fused-ring (bicyclic) bond motifs is 2. The van der Waals surface area contributed by atoms with Gasteiger partial charge in [0.05, 0.1) is 17.1 Å². The lowest BCUT2D eigenvalue weighted by molar-refractivity contribution is -0.113. The quantitative estimate of drug-likeness (QED) is 0.719. The fourth-order valence-corrected chi connectivity index (χ4v) is 5.32. The van der Waals surface area contributed by atoms with Crippen LogP contribution in [0.15, 0.2) is 39.7 Å². The van der Waals surface area contributed by atoms with Crippen molar-refractivity contribution < 1.29 is 9.53 Å². The van der Waals surface area contributed by atoms with Crippen molar-refractivity contribution in [2.45, 2.75) is 44.8 Å². The number of benzene rings is 1. The molecule has 3 aliphatic heterocycles. The standard InChI is InChI=1S/C20H22N2O2S/c1-13(14-6-7-14)17-18(23)21-19(25-17)22-10-8-20(9-11-22)16-5-3-2-4-15(16)12-24-20/h2-5,14H,6-12H2,1H3/b17-13-. The van der Waals surface area contributed by atoms with Crippen LogP contribution in [0.25, 0.3) is 0 Å². The summed E-state index contributed by atoms with van der Waals surface area (Å²) < 4.78 is 6.23. The van der Waals surface area contributed by atoms with Crippen LogP contribution in [0.3, 0.4) is 0 Å². The third-order valence-electron chi connectivity index (χ3n) is 5.99. The van der Waals surface area contributed by atoms with Crippen molar-refractivity contribution >= 4 is 22.8 Å². The highest BCUT2D eigenvalue weighted by molar-refractivity contribution is 8.18. The van der Waals surface area contributed by atoms with Crippen LogP contribution in [0, 0.1) is 5.92 Å². The van der Waals surface area contributed by atoms with Crippen LogP contribution in [-0.2, 0) is 21.7 Å². The number of hydrogen-bond acceptors (Lipinski definition) is 4. The maximum absolute atomic E-state index is 12.3. The number of thioether (sulfide) groups is 1. The highest BCUT2D eigenvalue weighted by atomic mass is 32.2. The number of hydrogen-bond donors (Lipinski definition) is 0. The molecule has 0 aromatic heterocycles. The molecule has 5 rings (SSSR count). The van der Waals surface area contributed by atoms with Gasteiger partial charge in [0.1, 0.15) is 0 Å². The highest BCUT2D eigenvalue weighted by Crippen LogP contribution is 2.46. The van der Waals surface area contributed by atoms with E-state index in [9.17, 15) is 4.79 Å². The van der Waals surface area contributed by atoms with Crippen LogP contribution >= 0.6 is 11.8 Å². The van der Waals surface area contributed by atoms with Crippen molar-refractivity contribution in [3.05, 3.63) is 45.9 Å². The van der Waals surface area contributed by atoms with Gasteiger partial charge in [0.2, 0.25) is 0 Å². The van der Waals surface area contributed by atoms with Crippen LogP contribution in [0.5, 0.6) is 0 Å². The Hall–Kier alpha value is -1.59. The van der Waals surface area contributed by atoms with Gasteiger partial charge in [-0.2, -0.15) is 4.99 Å². The summed E-state index contributed by atoms with van der Waals surface area (Å²) in [5.74, 6) is 0.584. The Balaban J connectivity index is 1.31. The van der Waals surface area contributed by atoms with E-state index < -0.39 is 0 Å². The summed E-state index contributed by atoms with van der Waals surface area (Å²) in [5.41, 5.74) is 3.79. The Kier molecular flexibility index (Phi) is 3.57. The third kappa shape index (κ3) is 2.56. The number of allylic oxidation sites excluding steroid dienone is 1. The molecule has 0 atom stereocenters. The molecule has 1 saturated heterocycles. The van der Waals surface area contributed by atoms with Crippen molar-refractivity contribution in [3.8, 4) is 0 Å². The van der Waals surface area contributed by atoms with Gasteiger partial charge in [0, 0.05) is 13.1 Å². The molecule has 4 nitrogen and oxygen atoms in total. The van der Waals surface area contributed by atoms with Crippen LogP contribution < -0.4 is 0 Å². The summed E-state index contributed by atoms with van der Waals surface area (Å²) in [4.78, 5) is 19.8. The highest BCUT2D eigenvalue weighted by Gasteiger charge is 2.44. The van der Waals surface area contributed by atoms with Crippen molar-refractivity contribution in [1.29, 1.82) is 0 Å². The molecular weight excluding hydrogens is 332 g/mol. The SMILES string of the molecule is C/C(=C1/SC(N2CCC3(CC2)OCc2ccccc23)=NC1=O)C1CC1. The van der Waals surface area contributed by atoms with Crippen LogP contribution in [0.1, 0.15) is 43.7 Å². The fourth-order valence-electron chi connectivity index (χ4n) is 4.24. The van der Waals surface area contributed by atoms with Crippen molar-refractivity contribution in [2.24, 2.45) is 10.9 Å². The van der Waals surface area contributed by atoms with E-state index in [4.69, 9.17) is 4.74 Å². The number of amidine groups is 1. The predicted molar refractivity (Wildman–Crippen MR) is 99.2 cm³/mol. The minimum absolute atomic E-state index is 0.0350. The summed E-state index contributed by atoms with van der Waals surface area (Å²) in [5, 5.41) is 0.890. The number of ether oxygens (including phenoxy) is 1. The molecule has 1 aromatic rings. The van der Waals surface area contributed by atoms with E-state index >= 15 is 0 Å². The largest absolute Gasteiger partial charge is 0.365 e. The molecule has 25 heavy (non-hydrogen) atoms. The van der Waals surface area contributed by atoms with Crippen LogP contribution in [0.2, 0.25) is 0 Å². The first-order chi connectivity index (χ1) is 12.2. The Morgan fingerprint density at radius 1 is 1.28 bits per heavy atom. The van der Waals surface area contributed by atoms with Gasteiger partial charge in [0.15, 0.2) is 5.17 Å². The lowest BCUT2D eigenvalue weighted by Crippen LogP contribution is -2.44. The molecule has 0 N–H and O–H groups in total. The van der Waals surface area contributed by atoms with Crippen LogP contribution in [0.4, 0.5) is 0 Å². The summed E-state index contributed by atoms with van der Waals surface area (Å²) in [6.07, 6.45) is 4.36. The molecule has 1 aliphatic carbocycles. The summed E-state index contributed by atoms with van der Waals surface area (Å²) in [7, 11) is 0. The molecule has 1 spiro atoms. The number of likely N-dealkylation sites (tertiary alicyclic amines) is 1. The van der Waals surface area contributed by atoms with E-state index in [0.717, 1.165) is 42.6 Å². The van der Waals surface area contributed by atoms with Gasteiger partial charge in [0.25, 0.3) is 5.91 Å². The van der Waals surface area contributed by atoms with Gasteiger partial charge in [-0.05, 0) is 61.4 Å². The first kappa shape index (κ1) is 15.6. The maximum atomic E-state index is 12.3. The summed E-state index contributed by atoms with van der Waals surface area (Å²) in [6.45, 7) is 4.61. The first-order valence-electron chi connectivity index (χ1n) is 9.15. The molecule has 130 valence electrons. The topological polar surface area (TPSA) is 41.9 Å². The molecule has 1 aromatic carbocycles. The van der Waals surface area contributed by atoms with Crippen molar-refractivity contribution in [1.82, 2.24) is 4.90 Å². The first-order valence-corrected chi connectivity index (χ1v) is 9.97. The predicted octanol–water partition coefficient (Wildman–Crippen LogP) is 3.82. The van der Waals surface area contributed by atoms with Gasteiger partial charge in [-0.3, -0.25) is 4.79 Å². The van der Waals surface area contributed by atoms with Gasteiger partial charge in [-0.15, -0.1) is 0 Å². The number of carbonyl (C=O) groups is 1. The number of piperidine rings is 1. The monoisotopic (exact) mass is 354 g/mol. The lowest BCUT2D eigenvalue weighted by atomic mass is 9.84. The Morgan fingerprint density at radius 3 is 2.80 bits per heavy atom. The molecule has 3 heterocycles. The van der Waals surface area contributed by atoms with E-state index in [-0.39, 0.29) is 11.5 Å². The number of aliphatic imine (C=N–C) groups is 1. The van der Waals surface area contributed by atoms with Gasteiger partial charge in [-0.25, -0.2) is 0 Å². The van der Waals surface area contributed by atoms with Gasteiger partial charge in [-0.1, -0.05) is 29.8 Å². The second-order valence-corrected chi connectivity index (χ2v) is 8.49. The zero-order valence-electron chi connectivity index (χ0n) is 14.5. The van der Waals surface area contributed by atoms with E-state index in [0.29, 0.717) is 5.92 Å². The van der Waals surface area contributed by atoms with E-state index in [1.165, 1.54) is 29.5 Å². The summed E-state index contributed by atoms with van der Waals surface area (Å²) in [6, 6.07) is 8.57. The molecule has 0 unspecified atom stereocenters. The average molecular weight is 354 g/mol. The second-order valence-electron chi connectivity index (χ2n) is 7.52. The molecule has 4 aliphatic rings. The van der Waals surface area contributed by atoms with Crippen LogP contribution in [-0.4, -0.2) is 29.1 Å².